The molecule has 2 aromatic heterocycles. The summed E-state index contributed by atoms with van der Waals surface area (Å²) < 4.78 is 5.16. The minimum atomic E-state index is -0.383. The number of hydrogen-bond donors (Lipinski definition) is 0. The maximum Gasteiger partial charge on any atom is 0.363 e. The van der Waals surface area contributed by atoms with Crippen molar-refractivity contribution in [2.75, 3.05) is 0 Å². The van der Waals surface area contributed by atoms with Gasteiger partial charge < -0.3 is 4.74 Å². The fourth-order valence-corrected chi connectivity index (χ4v) is 3.07. The summed E-state index contributed by atoms with van der Waals surface area (Å²) >= 11 is 3.09. The Morgan fingerprint density at radius 3 is 2.83 bits per heavy atom. The molecule has 0 saturated carbocycles. The molecule has 2 aromatic rings. The molecule has 0 atom stereocenters. The van der Waals surface area contributed by atoms with Gasteiger partial charge in [-0.1, -0.05) is 6.07 Å². The Morgan fingerprint density at radius 1 is 1.28 bits per heavy atom. The smallest absolute Gasteiger partial charge is 0.363 e. The lowest BCUT2D eigenvalue weighted by atomic mass is 10.2. The van der Waals surface area contributed by atoms with Crippen molar-refractivity contribution in [2.45, 2.75) is 6.92 Å². The van der Waals surface area contributed by atoms with E-state index in [9.17, 15) is 4.79 Å². The van der Waals surface area contributed by atoms with Crippen molar-refractivity contribution in [3.63, 3.8) is 0 Å². The van der Waals surface area contributed by atoms with Gasteiger partial charge in [0.25, 0.3) is 0 Å². The van der Waals surface area contributed by atoms with Gasteiger partial charge in [0.15, 0.2) is 5.70 Å². The first-order valence-electron chi connectivity index (χ1n) is 5.34. The molecule has 0 bridgehead atoms. The van der Waals surface area contributed by atoms with Gasteiger partial charge >= 0.3 is 5.97 Å². The van der Waals surface area contributed by atoms with Crippen molar-refractivity contribution in [3.05, 3.63) is 50.0 Å². The summed E-state index contributed by atoms with van der Waals surface area (Å²) in [5.41, 5.74) is 1.50. The monoisotopic (exact) mass is 275 g/mol. The van der Waals surface area contributed by atoms with Crippen LogP contribution in [0, 0.1) is 6.92 Å². The molecule has 0 aromatic carbocycles. The van der Waals surface area contributed by atoms with Gasteiger partial charge in [0, 0.05) is 4.88 Å². The molecule has 1 aliphatic heterocycles. The summed E-state index contributed by atoms with van der Waals surface area (Å²) in [6.07, 6.45) is 1.78. The minimum absolute atomic E-state index is 0.365. The average molecular weight is 275 g/mol. The second kappa shape index (κ2) is 4.51. The zero-order valence-electron chi connectivity index (χ0n) is 9.54. The maximum atomic E-state index is 11.7. The van der Waals surface area contributed by atoms with Crippen LogP contribution in [0.1, 0.15) is 15.3 Å². The van der Waals surface area contributed by atoms with E-state index in [4.69, 9.17) is 4.74 Å². The van der Waals surface area contributed by atoms with Gasteiger partial charge in [-0.25, -0.2) is 9.79 Å². The van der Waals surface area contributed by atoms with Crippen LogP contribution in [0.2, 0.25) is 0 Å². The number of nitrogens with zero attached hydrogens (tertiary/aromatic N) is 1. The molecule has 0 amide bonds. The van der Waals surface area contributed by atoms with E-state index in [-0.39, 0.29) is 5.97 Å². The molecular formula is C13H9NO2S2. The molecule has 0 radical (unpaired) electrons. The van der Waals surface area contributed by atoms with Crippen molar-refractivity contribution in [3.8, 4) is 0 Å². The van der Waals surface area contributed by atoms with Gasteiger partial charge in [-0.15, -0.1) is 22.7 Å². The second-order valence-electron chi connectivity index (χ2n) is 3.78. The molecule has 0 spiro atoms. The number of thiophene rings is 2. The number of esters is 1. The Bertz CT molecular complexity index is 650. The summed E-state index contributed by atoms with van der Waals surface area (Å²) in [5, 5.41) is 3.92. The van der Waals surface area contributed by atoms with E-state index in [0.29, 0.717) is 11.6 Å². The van der Waals surface area contributed by atoms with Gasteiger partial charge in [0.05, 0.1) is 4.88 Å². The largest absolute Gasteiger partial charge is 0.401 e. The Hall–Kier alpha value is -1.72. The summed E-state index contributed by atoms with van der Waals surface area (Å²) in [4.78, 5) is 17.9. The Labute approximate surface area is 112 Å². The molecule has 3 nitrogen and oxygen atoms in total. The second-order valence-corrected chi connectivity index (χ2v) is 5.68. The third-order valence-electron chi connectivity index (χ3n) is 2.52. The molecule has 1 aliphatic rings. The zero-order valence-corrected chi connectivity index (χ0v) is 11.2. The molecule has 90 valence electrons. The predicted molar refractivity (Wildman–Crippen MR) is 74.0 cm³/mol. The van der Waals surface area contributed by atoms with Crippen molar-refractivity contribution in [2.24, 2.45) is 4.99 Å². The third kappa shape index (κ3) is 2.02. The van der Waals surface area contributed by atoms with E-state index < -0.39 is 0 Å². The molecule has 18 heavy (non-hydrogen) atoms. The van der Waals surface area contributed by atoms with Crippen molar-refractivity contribution in [1.82, 2.24) is 0 Å². The van der Waals surface area contributed by atoms with E-state index in [0.717, 1.165) is 15.3 Å². The number of ether oxygens (including phenoxy) is 1. The highest BCUT2D eigenvalue weighted by Gasteiger charge is 2.24. The average Bonchev–Trinajstić information content (AvgIpc) is 3.03. The summed E-state index contributed by atoms with van der Waals surface area (Å²) in [6.45, 7) is 2.01. The Morgan fingerprint density at radius 2 is 2.17 bits per heavy atom. The van der Waals surface area contributed by atoms with E-state index in [1.807, 2.05) is 35.9 Å². The van der Waals surface area contributed by atoms with Crippen LogP contribution in [0.4, 0.5) is 0 Å². The fraction of sp³-hybridized carbons (Fsp3) is 0.0769. The van der Waals surface area contributed by atoms with E-state index in [1.54, 1.807) is 17.4 Å². The summed E-state index contributed by atoms with van der Waals surface area (Å²) in [6, 6.07) is 5.80. The molecule has 0 N–H and O–H groups in total. The fourth-order valence-electron chi connectivity index (χ4n) is 1.57. The summed E-state index contributed by atoms with van der Waals surface area (Å²) in [5.74, 6) is 0.0154. The van der Waals surface area contributed by atoms with Gasteiger partial charge in [-0.05, 0) is 41.5 Å². The van der Waals surface area contributed by atoms with Gasteiger partial charge in [-0.2, -0.15) is 0 Å². The van der Waals surface area contributed by atoms with Crippen LogP contribution in [-0.4, -0.2) is 11.9 Å². The highest BCUT2D eigenvalue weighted by atomic mass is 32.1. The van der Waals surface area contributed by atoms with Crippen LogP contribution in [0.5, 0.6) is 0 Å². The number of carbonyl (C=O) groups excluding carboxylic acids is 1. The molecule has 0 aliphatic carbocycles. The van der Waals surface area contributed by atoms with Gasteiger partial charge in [0.2, 0.25) is 5.90 Å². The molecule has 5 heteroatoms. The van der Waals surface area contributed by atoms with E-state index in [1.165, 1.54) is 11.3 Å². The van der Waals surface area contributed by atoms with Crippen molar-refractivity contribution < 1.29 is 9.53 Å². The van der Waals surface area contributed by atoms with Crippen molar-refractivity contribution >= 4 is 40.6 Å². The first kappa shape index (κ1) is 11.4. The van der Waals surface area contributed by atoms with Crippen LogP contribution in [0.15, 0.2) is 39.6 Å². The predicted octanol–water partition coefficient (Wildman–Crippen LogP) is 3.46. The first-order valence-corrected chi connectivity index (χ1v) is 7.10. The highest BCUT2D eigenvalue weighted by Crippen LogP contribution is 2.24. The zero-order chi connectivity index (χ0) is 12.5. The Balaban J connectivity index is 1.97. The number of cyclic esters (lactones) is 1. The maximum absolute atomic E-state index is 11.7. The number of carbonyl (C=O) groups is 1. The lowest BCUT2D eigenvalue weighted by Gasteiger charge is -1.92. The van der Waals surface area contributed by atoms with E-state index in [2.05, 4.69) is 4.99 Å². The van der Waals surface area contributed by atoms with E-state index >= 15 is 0 Å². The number of aryl methyl sites for hydroxylation is 1. The van der Waals surface area contributed by atoms with Crippen LogP contribution < -0.4 is 0 Å². The normalized spacial score (nSPS) is 17.1. The number of rotatable bonds is 2. The lowest BCUT2D eigenvalue weighted by molar-refractivity contribution is -0.129. The van der Waals surface area contributed by atoms with Crippen LogP contribution in [0.25, 0.3) is 6.08 Å². The number of hydrogen-bond acceptors (Lipinski definition) is 5. The standard InChI is InChI=1S/C13H9NO2S2/c1-8-4-6-18-11(8)7-9-13(15)16-12(14-9)10-3-2-5-17-10/h2-7H,1H3. The quantitative estimate of drug-likeness (QED) is 0.622. The van der Waals surface area contributed by atoms with Crippen LogP contribution in [-0.2, 0) is 9.53 Å². The Kier molecular flexibility index (Phi) is 2.85. The van der Waals surface area contributed by atoms with Gasteiger partial charge in [0.1, 0.15) is 0 Å². The molecule has 0 saturated heterocycles. The van der Waals surface area contributed by atoms with Gasteiger partial charge in [-0.3, -0.25) is 0 Å². The highest BCUT2D eigenvalue weighted by molar-refractivity contribution is 7.12. The lowest BCUT2D eigenvalue weighted by Crippen LogP contribution is -2.03. The minimum Gasteiger partial charge on any atom is -0.401 e. The topological polar surface area (TPSA) is 38.7 Å². The van der Waals surface area contributed by atoms with Crippen LogP contribution in [0.3, 0.4) is 0 Å². The van der Waals surface area contributed by atoms with Crippen molar-refractivity contribution in [1.29, 1.82) is 0 Å². The molecule has 3 rings (SSSR count). The molecule has 3 heterocycles. The summed E-state index contributed by atoms with van der Waals surface area (Å²) in [7, 11) is 0. The SMILES string of the molecule is Cc1ccsc1C=C1N=C(c2cccs2)OC1=O. The number of aliphatic imine (C=N–C) groups is 1. The molecule has 0 fully saturated rings. The molecular weight excluding hydrogens is 266 g/mol. The third-order valence-corrected chi connectivity index (χ3v) is 4.35. The van der Waals surface area contributed by atoms with Crippen LogP contribution >= 0.6 is 22.7 Å². The first-order chi connectivity index (χ1) is 8.74. The molecule has 0 unspecified atom stereocenters.